The van der Waals surface area contributed by atoms with Crippen LogP contribution < -0.4 is 0 Å². The van der Waals surface area contributed by atoms with Crippen LogP contribution in [0, 0.1) is 0 Å². The van der Waals surface area contributed by atoms with E-state index in [-0.39, 0.29) is 0 Å². The maximum absolute atomic E-state index is 11.9. The molecular formula is C5H8F2. The van der Waals surface area contributed by atoms with E-state index in [1.54, 1.807) is 0 Å². The van der Waals surface area contributed by atoms with E-state index >= 15 is 0 Å². The van der Waals surface area contributed by atoms with E-state index in [1.807, 2.05) is 0 Å². The summed E-state index contributed by atoms with van der Waals surface area (Å²) in [6.07, 6.45) is -0.718. The van der Waals surface area contributed by atoms with Crippen LogP contribution in [0.1, 0.15) is 19.3 Å². The molecule has 7 heavy (non-hydrogen) atoms. The molecule has 0 spiro atoms. The van der Waals surface area contributed by atoms with Crippen LogP contribution in [0.2, 0.25) is 0 Å². The van der Waals surface area contributed by atoms with Gasteiger partial charge >= 0.3 is 0 Å². The average Bonchev–Trinajstić information content (AvgIpc) is 1.91. The highest BCUT2D eigenvalue weighted by Gasteiger charge is 2.25. The van der Waals surface area contributed by atoms with E-state index in [9.17, 15) is 8.78 Å². The average molecular weight is 106 g/mol. The zero-order chi connectivity index (χ0) is 5.28. The fourth-order valence-corrected chi connectivity index (χ4v) is 0.870. The standard InChI is InChI=1S/C5H8F2/c6-4-2-1-3-5(4)7/h4-5H,1-3H2. The Labute approximate surface area is 41.5 Å². The van der Waals surface area contributed by atoms with Crippen molar-refractivity contribution in [2.75, 3.05) is 0 Å². The summed E-state index contributed by atoms with van der Waals surface area (Å²) >= 11 is 0. The van der Waals surface area contributed by atoms with Gasteiger partial charge in [-0.3, -0.25) is 0 Å². The molecule has 0 aromatic heterocycles. The Morgan fingerprint density at radius 1 is 1.00 bits per heavy atom. The van der Waals surface area contributed by atoms with Gasteiger partial charge in [0.2, 0.25) is 0 Å². The van der Waals surface area contributed by atoms with Crippen molar-refractivity contribution in [3.8, 4) is 0 Å². The molecule has 0 aromatic carbocycles. The summed E-state index contributed by atoms with van der Waals surface area (Å²) in [6.45, 7) is 0. The fourth-order valence-electron chi connectivity index (χ4n) is 0.870. The molecule has 1 rings (SSSR count). The van der Waals surface area contributed by atoms with E-state index in [0.717, 1.165) is 6.42 Å². The van der Waals surface area contributed by atoms with Gasteiger partial charge in [0, 0.05) is 0 Å². The first kappa shape index (κ1) is 5.01. The molecule has 1 aliphatic carbocycles. The van der Waals surface area contributed by atoms with Crippen LogP contribution in [0.15, 0.2) is 0 Å². The third-order valence-electron chi connectivity index (χ3n) is 1.35. The van der Waals surface area contributed by atoms with Crippen molar-refractivity contribution >= 4 is 0 Å². The second kappa shape index (κ2) is 1.76. The molecule has 0 aromatic rings. The summed E-state index contributed by atoms with van der Waals surface area (Å²) in [5, 5.41) is 0. The largest absolute Gasteiger partial charge is 0.244 e. The lowest BCUT2D eigenvalue weighted by molar-refractivity contribution is 0.199. The predicted octanol–water partition coefficient (Wildman–Crippen LogP) is 1.85. The van der Waals surface area contributed by atoms with Gasteiger partial charge < -0.3 is 0 Å². The second-order valence-corrected chi connectivity index (χ2v) is 1.96. The zero-order valence-electron chi connectivity index (χ0n) is 4.03. The Morgan fingerprint density at radius 2 is 1.43 bits per heavy atom. The molecule has 0 bridgehead atoms. The molecule has 0 N–H and O–H groups in total. The number of rotatable bonds is 0. The molecule has 2 heteroatoms. The van der Waals surface area contributed by atoms with Crippen molar-refractivity contribution in [2.24, 2.45) is 0 Å². The van der Waals surface area contributed by atoms with E-state index in [1.165, 1.54) is 0 Å². The Bertz CT molecular complexity index is 55.1. The SMILES string of the molecule is FC1CCCC1F. The fraction of sp³-hybridized carbons (Fsp3) is 1.00. The molecular weight excluding hydrogens is 98.1 g/mol. The highest BCUT2D eigenvalue weighted by molar-refractivity contribution is 4.75. The highest BCUT2D eigenvalue weighted by Crippen LogP contribution is 2.24. The summed E-state index contributed by atoms with van der Waals surface area (Å²) in [6, 6.07) is 0. The molecule has 0 amide bonds. The quantitative estimate of drug-likeness (QED) is 0.442. The number of alkyl halides is 2. The van der Waals surface area contributed by atoms with Crippen molar-refractivity contribution in [1.29, 1.82) is 0 Å². The molecule has 0 saturated heterocycles. The number of hydrogen-bond acceptors (Lipinski definition) is 0. The third kappa shape index (κ3) is 0.898. The number of halogens is 2. The van der Waals surface area contributed by atoms with Gasteiger partial charge in [-0.15, -0.1) is 0 Å². The van der Waals surface area contributed by atoms with Gasteiger partial charge in [0.1, 0.15) is 12.3 Å². The van der Waals surface area contributed by atoms with Gasteiger partial charge in [-0.25, -0.2) is 8.78 Å². The van der Waals surface area contributed by atoms with Crippen LogP contribution in [-0.2, 0) is 0 Å². The van der Waals surface area contributed by atoms with E-state index in [2.05, 4.69) is 0 Å². The molecule has 42 valence electrons. The molecule has 1 saturated carbocycles. The van der Waals surface area contributed by atoms with Crippen LogP contribution in [0.5, 0.6) is 0 Å². The van der Waals surface area contributed by atoms with Gasteiger partial charge in [-0.05, 0) is 19.3 Å². The third-order valence-corrected chi connectivity index (χ3v) is 1.35. The molecule has 2 unspecified atom stereocenters. The minimum atomic E-state index is -1.15. The first-order chi connectivity index (χ1) is 3.30. The first-order valence-electron chi connectivity index (χ1n) is 2.59. The lowest BCUT2D eigenvalue weighted by atomic mass is 10.3. The summed E-state index contributed by atoms with van der Waals surface area (Å²) in [7, 11) is 0. The normalized spacial score (nSPS) is 42.0. The summed E-state index contributed by atoms with van der Waals surface area (Å²) < 4.78 is 23.9. The summed E-state index contributed by atoms with van der Waals surface area (Å²) in [5.41, 5.74) is 0. The lowest BCUT2D eigenvalue weighted by Gasteiger charge is -1.96. The van der Waals surface area contributed by atoms with E-state index in [4.69, 9.17) is 0 Å². The zero-order valence-corrected chi connectivity index (χ0v) is 4.03. The monoisotopic (exact) mass is 106 g/mol. The Balaban J connectivity index is 2.33. The minimum absolute atomic E-state index is 0.432. The van der Waals surface area contributed by atoms with Crippen LogP contribution >= 0.6 is 0 Å². The van der Waals surface area contributed by atoms with Crippen molar-refractivity contribution in [3.63, 3.8) is 0 Å². The van der Waals surface area contributed by atoms with Crippen molar-refractivity contribution in [3.05, 3.63) is 0 Å². The molecule has 1 fully saturated rings. The van der Waals surface area contributed by atoms with Gasteiger partial charge in [-0.2, -0.15) is 0 Å². The molecule has 0 nitrogen and oxygen atoms in total. The lowest BCUT2D eigenvalue weighted by Crippen LogP contribution is -2.06. The maximum atomic E-state index is 11.9. The summed E-state index contributed by atoms with van der Waals surface area (Å²) in [5.74, 6) is 0. The van der Waals surface area contributed by atoms with Gasteiger partial charge in [0.25, 0.3) is 0 Å². The Morgan fingerprint density at radius 3 is 1.57 bits per heavy atom. The smallest absolute Gasteiger partial charge is 0.131 e. The Hall–Kier alpha value is -0.140. The van der Waals surface area contributed by atoms with Crippen LogP contribution in [0.4, 0.5) is 8.78 Å². The van der Waals surface area contributed by atoms with Crippen molar-refractivity contribution in [1.82, 2.24) is 0 Å². The molecule has 0 heterocycles. The van der Waals surface area contributed by atoms with Crippen LogP contribution in [-0.4, -0.2) is 12.3 Å². The topological polar surface area (TPSA) is 0 Å². The van der Waals surface area contributed by atoms with E-state index in [0.29, 0.717) is 12.8 Å². The Kier molecular flexibility index (Phi) is 1.26. The van der Waals surface area contributed by atoms with Crippen molar-refractivity contribution < 1.29 is 8.78 Å². The molecule has 0 radical (unpaired) electrons. The van der Waals surface area contributed by atoms with Crippen LogP contribution in [0.3, 0.4) is 0 Å². The molecule has 0 aliphatic heterocycles. The van der Waals surface area contributed by atoms with Crippen molar-refractivity contribution in [2.45, 2.75) is 31.6 Å². The van der Waals surface area contributed by atoms with E-state index < -0.39 is 12.3 Å². The minimum Gasteiger partial charge on any atom is -0.244 e. The summed E-state index contributed by atoms with van der Waals surface area (Å²) in [4.78, 5) is 0. The molecule has 2 atom stereocenters. The highest BCUT2D eigenvalue weighted by atomic mass is 19.2. The second-order valence-electron chi connectivity index (χ2n) is 1.96. The van der Waals surface area contributed by atoms with Gasteiger partial charge in [-0.1, -0.05) is 0 Å². The predicted molar refractivity (Wildman–Crippen MR) is 23.6 cm³/mol. The molecule has 1 aliphatic rings. The van der Waals surface area contributed by atoms with Gasteiger partial charge in [0.05, 0.1) is 0 Å². The number of hydrogen-bond donors (Lipinski definition) is 0. The van der Waals surface area contributed by atoms with Gasteiger partial charge in [0.15, 0.2) is 0 Å². The van der Waals surface area contributed by atoms with Crippen LogP contribution in [0.25, 0.3) is 0 Å². The first-order valence-corrected chi connectivity index (χ1v) is 2.59. The maximum Gasteiger partial charge on any atom is 0.131 e.